The van der Waals surface area contributed by atoms with Crippen molar-refractivity contribution in [3.8, 4) is 5.75 Å². The van der Waals surface area contributed by atoms with Crippen LogP contribution in [0.2, 0.25) is 0 Å². The number of carbonyl (C=O) groups is 4. The predicted molar refractivity (Wildman–Crippen MR) is 134 cm³/mol. The minimum atomic E-state index is -1.18. The first-order valence-electron chi connectivity index (χ1n) is 11.8. The summed E-state index contributed by atoms with van der Waals surface area (Å²) in [6.07, 6.45) is 0.723. The van der Waals surface area contributed by atoms with Crippen molar-refractivity contribution in [3.63, 3.8) is 0 Å². The number of hydrogen-bond donors (Lipinski definition) is 6. The van der Waals surface area contributed by atoms with E-state index in [0.717, 1.165) is 5.56 Å². The third-order valence-electron chi connectivity index (χ3n) is 5.91. The number of aliphatic carboxylic acids is 1. The molecule has 0 saturated carbocycles. The number of benzene rings is 2. The lowest BCUT2D eigenvalue weighted by atomic mass is 9.97. The van der Waals surface area contributed by atoms with Crippen molar-refractivity contribution in [1.82, 2.24) is 16.0 Å². The number of hydrogen-bond acceptors (Lipinski definition) is 6. The van der Waals surface area contributed by atoms with Crippen molar-refractivity contribution < 1.29 is 29.4 Å². The number of carboxylic acid groups (broad SMARTS) is 1. The molecule has 4 unspecified atom stereocenters. The maximum atomic E-state index is 13.3. The average molecular weight is 499 g/mol. The second-order valence-electron chi connectivity index (χ2n) is 8.66. The van der Waals surface area contributed by atoms with Crippen LogP contribution in [-0.4, -0.2) is 58.6 Å². The summed E-state index contributed by atoms with van der Waals surface area (Å²) in [6, 6.07) is 11.8. The van der Waals surface area contributed by atoms with Crippen LogP contribution in [-0.2, 0) is 32.0 Å². The zero-order valence-electron chi connectivity index (χ0n) is 20.4. The maximum absolute atomic E-state index is 13.3. The molecule has 36 heavy (non-hydrogen) atoms. The molecule has 0 spiro atoms. The highest BCUT2D eigenvalue weighted by atomic mass is 16.4. The van der Waals surface area contributed by atoms with Gasteiger partial charge in [-0.3, -0.25) is 14.4 Å². The van der Waals surface area contributed by atoms with E-state index in [1.165, 1.54) is 12.1 Å². The molecule has 0 aliphatic carbocycles. The summed E-state index contributed by atoms with van der Waals surface area (Å²) in [6.45, 7) is 3.22. The monoisotopic (exact) mass is 498 g/mol. The Kier molecular flexibility index (Phi) is 10.9. The molecule has 0 heterocycles. The normalized spacial score (nSPS) is 14.1. The number of carbonyl (C=O) groups excluding carboxylic acids is 3. The van der Waals surface area contributed by atoms with Crippen LogP contribution in [0.1, 0.15) is 31.4 Å². The van der Waals surface area contributed by atoms with Crippen molar-refractivity contribution in [3.05, 3.63) is 65.7 Å². The molecule has 2 aromatic rings. The van der Waals surface area contributed by atoms with Crippen LogP contribution < -0.4 is 21.7 Å². The SMILES string of the molecule is CCC(C)C(NC(=O)C(Cc1ccc(O)cc1)NC(=O)C(Cc1ccccc1)NC(=O)CN)C(=O)O. The van der Waals surface area contributed by atoms with Gasteiger partial charge in [-0.05, 0) is 29.2 Å². The molecule has 194 valence electrons. The molecule has 3 amide bonds. The van der Waals surface area contributed by atoms with Gasteiger partial charge in [0.15, 0.2) is 0 Å². The molecule has 0 aromatic heterocycles. The summed E-state index contributed by atoms with van der Waals surface area (Å²) in [7, 11) is 0. The van der Waals surface area contributed by atoms with Gasteiger partial charge >= 0.3 is 5.97 Å². The lowest BCUT2D eigenvalue weighted by molar-refractivity contribution is -0.143. The molecule has 0 radical (unpaired) electrons. The van der Waals surface area contributed by atoms with Gasteiger partial charge in [0, 0.05) is 12.8 Å². The van der Waals surface area contributed by atoms with Crippen molar-refractivity contribution in [2.45, 2.75) is 51.2 Å². The Morgan fingerprint density at radius 3 is 1.89 bits per heavy atom. The molecule has 10 heteroatoms. The van der Waals surface area contributed by atoms with Crippen LogP contribution in [0.15, 0.2) is 54.6 Å². The Bertz CT molecular complexity index is 1030. The molecule has 10 nitrogen and oxygen atoms in total. The number of carboxylic acids is 1. The minimum Gasteiger partial charge on any atom is -0.508 e. The zero-order chi connectivity index (χ0) is 26.7. The largest absolute Gasteiger partial charge is 0.508 e. The highest BCUT2D eigenvalue weighted by Crippen LogP contribution is 2.13. The second-order valence-corrected chi connectivity index (χ2v) is 8.66. The third kappa shape index (κ3) is 8.70. The summed E-state index contributed by atoms with van der Waals surface area (Å²) in [5.41, 5.74) is 6.84. The van der Waals surface area contributed by atoms with Crippen molar-refractivity contribution >= 4 is 23.7 Å². The number of phenols is 1. The number of amides is 3. The standard InChI is InChI=1S/C26H34N4O6/c1-3-16(2)23(26(35)36)30-25(34)21(14-18-9-11-19(31)12-10-18)29-24(33)20(28-22(32)15-27)13-17-7-5-4-6-8-17/h4-12,16,20-21,23,31H,3,13-15,27H2,1-2H3,(H,28,32)(H,29,33)(H,30,34)(H,35,36). The molecule has 2 aromatic carbocycles. The molecule has 0 aliphatic heterocycles. The van der Waals surface area contributed by atoms with Gasteiger partial charge in [0.05, 0.1) is 6.54 Å². The molecular formula is C26H34N4O6. The summed E-state index contributed by atoms with van der Waals surface area (Å²) in [5, 5.41) is 27.0. The number of nitrogens with two attached hydrogens (primary N) is 1. The van der Waals surface area contributed by atoms with Crippen molar-refractivity contribution in [2.75, 3.05) is 6.54 Å². The number of phenolic OH excluding ortho intramolecular Hbond substituents is 1. The van der Waals surface area contributed by atoms with Crippen LogP contribution in [0.5, 0.6) is 5.75 Å². The minimum absolute atomic E-state index is 0.0353. The van der Waals surface area contributed by atoms with E-state index in [1.807, 2.05) is 13.0 Å². The van der Waals surface area contributed by atoms with Crippen LogP contribution in [0.25, 0.3) is 0 Å². The summed E-state index contributed by atoms with van der Waals surface area (Å²) < 4.78 is 0. The molecule has 2 rings (SSSR count). The van der Waals surface area contributed by atoms with Crippen LogP contribution in [0.4, 0.5) is 0 Å². The fourth-order valence-corrected chi connectivity index (χ4v) is 3.60. The fraction of sp³-hybridized carbons (Fsp3) is 0.385. The number of rotatable bonds is 13. The van der Waals surface area contributed by atoms with Gasteiger partial charge in [0.1, 0.15) is 23.9 Å². The summed E-state index contributed by atoms with van der Waals surface area (Å²) >= 11 is 0. The van der Waals surface area contributed by atoms with Crippen molar-refractivity contribution in [2.24, 2.45) is 11.7 Å². The lowest BCUT2D eigenvalue weighted by Crippen LogP contribution is -2.58. The first kappa shape index (κ1) is 28.3. The first-order chi connectivity index (χ1) is 17.1. The highest BCUT2D eigenvalue weighted by Gasteiger charge is 2.31. The van der Waals surface area contributed by atoms with E-state index in [-0.39, 0.29) is 31.1 Å². The first-order valence-corrected chi connectivity index (χ1v) is 11.8. The molecule has 0 aliphatic rings. The number of nitrogens with one attached hydrogen (secondary N) is 3. The van der Waals surface area contributed by atoms with E-state index in [1.54, 1.807) is 43.3 Å². The molecular weight excluding hydrogens is 464 g/mol. The van der Waals surface area contributed by atoms with Crippen LogP contribution in [0.3, 0.4) is 0 Å². The van der Waals surface area contributed by atoms with Gasteiger partial charge in [-0.15, -0.1) is 0 Å². The highest BCUT2D eigenvalue weighted by molar-refractivity contribution is 5.94. The Balaban J connectivity index is 2.29. The Hall–Kier alpha value is -3.92. The Morgan fingerprint density at radius 2 is 1.36 bits per heavy atom. The fourth-order valence-electron chi connectivity index (χ4n) is 3.60. The molecule has 0 fully saturated rings. The maximum Gasteiger partial charge on any atom is 0.326 e. The topological polar surface area (TPSA) is 171 Å². The molecule has 4 atom stereocenters. The number of aromatic hydroxyl groups is 1. The smallest absolute Gasteiger partial charge is 0.326 e. The van der Waals surface area contributed by atoms with Gasteiger partial charge in [-0.1, -0.05) is 62.7 Å². The molecule has 7 N–H and O–H groups in total. The van der Waals surface area contributed by atoms with E-state index in [4.69, 9.17) is 5.73 Å². The zero-order valence-corrected chi connectivity index (χ0v) is 20.4. The van der Waals surface area contributed by atoms with E-state index in [2.05, 4.69) is 16.0 Å². The Morgan fingerprint density at radius 1 is 0.833 bits per heavy atom. The van der Waals surface area contributed by atoms with Gasteiger partial charge in [0.25, 0.3) is 0 Å². The third-order valence-corrected chi connectivity index (χ3v) is 5.91. The predicted octanol–water partition coefficient (Wildman–Crippen LogP) is 0.721. The van der Waals surface area contributed by atoms with Gasteiger partial charge in [-0.2, -0.15) is 0 Å². The van der Waals surface area contributed by atoms with Gasteiger partial charge in [-0.25, -0.2) is 4.79 Å². The van der Waals surface area contributed by atoms with Gasteiger partial charge < -0.3 is 31.9 Å². The second kappa shape index (κ2) is 13.8. The van der Waals surface area contributed by atoms with Crippen LogP contribution in [0, 0.1) is 5.92 Å². The average Bonchev–Trinajstić information content (AvgIpc) is 2.87. The van der Waals surface area contributed by atoms with Crippen LogP contribution >= 0.6 is 0 Å². The van der Waals surface area contributed by atoms with E-state index < -0.39 is 41.8 Å². The van der Waals surface area contributed by atoms with E-state index in [9.17, 15) is 29.4 Å². The quantitative estimate of drug-likeness (QED) is 0.236. The molecule has 0 saturated heterocycles. The summed E-state index contributed by atoms with van der Waals surface area (Å²) in [4.78, 5) is 50.2. The molecule has 0 bridgehead atoms. The van der Waals surface area contributed by atoms with Gasteiger partial charge in [0.2, 0.25) is 17.7 Å². The lowest BCUT2D eigenvalue weighted by Gasteiger charge is -2.26. The van der Waals surface area contributed by atoms with Crippen molar-refractivity contribution in [1.29, 1.82) is 0 Å². The summed E-state index contributed by atoms with van der Waals surface area (Å²) in [5.74, 6) is -3.30. The Labute approximate surface area is 210 Å². The van der Waals surface area contributed by atoms with E-state index in [0.29, 0.717) is 12.0 Å². The van der Waals surface area contributed by atoms with E-state index >= 15 is 0 Å².